The number of nitrogens with one attached hydrogen (secondary N) is 1. The lowest BCUT2D eigenvalue weighted by atomic mass is 9.80. The van der Waals surface area contributed by atoms with Gasteiger partial charge in [0.1, 0.15) is 35.1 Å². The van der Waals surface area contributed by atoms with Crippen LogP contribution >= 0.6 is 0 Å². The maximum Gasteiger partial charge on any atom is 0.351 e. The molecule has 5 aromatic rings. The summed E-state index contributed by atoms with van der Waals surface area (Å²) >= 11 is 0. The molecule has 1 aromatic heterocycles. The molecule has 6 rings (SSSR count). The number of hydrogen-bond acceptors (Lipinski definition) is 8. The molecule has 2 heterocycles. The van der Waals surface area contributed by atoms with Crippen molar-refractivity contribution in [2.75, 3.05) is 26.1 Å². The molecule has 1 amide bonds. The van der Waals surface area contributed by atoms with Crippen LogP contribution in [0.25, 0.3) is 0 Å². The first-order chi connectivity index (χ1) is 24.6. The minimum atomic E-state index is -2.85. The molecule has 0 unspecified atom stereocenters. The molecule has 0 spiro atoms. The number of methoxy groups -OCH3 is 2. The number of hydrogen-bond donors (Lipinski definition) is 2. The van der Waals surface area contributed by atoms with Gasteiger partial charge in [0.2, 0.25) is 5.67 Å². The molecule has 1 saturated heterocycles. The van der Waals surface area contributed by atoms with Crippen molar-refractivity contribution in [3.05, 3.63) is 154 Å². The zero-order valence-electron chi connectivity index (χ0n) is 28.2. The molecule has 0 saturated carbocycles. The number of aliphatic hydroxyl groups is 1. The van der Waals surface area contributed by atoms with E-state index in [1.54, 1.807) is 75.7 Å². The van der Waals surface area contributed by atoms with E-state index in [0.717, 1.165) is 10.1 Å². The summed E-state index contributed by atoms with van der Waals surface area (Å²) in [4.78, 5) is 30.1. The van der Waals surface area contributed by atoms with Gasteiger partial charge in [-0.2, -0.15) is 4.98 Å². The Kier molecular flexibility index (Phi) is 10.0. The van der Waals surface area contributed by atoms with Gasteiger partial charge in [-0.3, -0.25) is 9.36 Å². The minimum Gasteiger partial charge on any atom is -0.497 e. The molecule has 11 heteroatoms. The van der Waals surface area contributed by atoms with Gasteiger partial charge in [-0.15, -0.1) is 6.42 Å². The van der Waals surface area contributed by atoms with Crippen molar-refractivity contribution in [1.82, 2.24) is 9.55 Å². The van der Waals surface area contributed by atoms with Gasteiger partial charge < -0.3 is 29.4 Å². The summed E-state index contributed by atoms with van der Waals surface area (Å²) in [5.41, 5.74) is -2.27. The van der Waals surface area contributed by atoms with Crippen LogP contribution in [0.2, 0.25) is 0 Å². The number of rotatable bonds is 11. The van der Waals surface area contributed by atoms with Gasteiger partial charge in [-0.05, 0) is 60.0 Å². The van der Waals surface area contributed by atoms with Gasteiger partial charge in [-0.25, -0.2) is 9.18 Å². The highest BCUT2D eigenvalue weighted by Crippen LogP contribution is 2.45. The molecule has 0 radical (unpaired) electrons. The topological polar surface area (TPSA) is 121 Å². The number of carbonyl (C=O) groups is 1. The summed E-state index contributed by atoms with van der Waals surface area (Å²) in [6.07, 6.45) is 1.96. The lowest BCUT2D eigenvalue weighted by molar-refractivity contribution is -0.0958. The average Bonchev–Trinajstić information content (AvgIpc) is 3.43. The van der Waals surface area contributed by atoms with Crippen LogP contribution in [0.3, 0.4) is 0 Å². The maximum absolute atomic E-state index is 16.7. The van der Waals surface area contributed by atoms with Crippen LogP contribution in [0, 0.1) is 19.3 Å². The quantitative estimate of drug-likeness (QED) is 0.139. The van der Waals surface area contributed by atoms with E-state index in [-0.39, 0.29) is 12.4 Å². The predicted octanol–water partition coefficient (Wildman–Crippen LogP) is 5.43. The van der Waals surface area contributed by atoms with Crippen LogP contribution in [0.1, 0.15) is 38.8 Å². The third-order valence-electron chi connectivity index (χ3n) is 8.96. The summed E-state index contributed by atoms with van der Waals surface area (Å²) in [5.74, 6) is 2.78. The molecule has 260 valence electrons. The van der Waals surface area contributed by atoms with E-state index in [4.69, 9.17) is 25.4 Å². The van der Waals surface area contributed by atoms with Crippen molar-refractivity contribution in [2.45, 2.75) is 36.6 Å². The minimum absolute atomic E-state index is 0.0136. The van der Waals surface area contributed by atoms with Crippen LogP contribution < -0.4 is 20.5 Å². The number of nitrogens with zero attached hydrogens (tertiary/aromatic N) is 2. The Morgan fingerprint density at radius 3 is 2.00 bits per heavy atom. The van der Waals surface area contributed by atoms with Gasteiger partial charge in [0.05, 0.1) is 20.8 Å². The Hall–Kier alpha value is -5.80. The number of aromatic nitrogens is 2. The molecule has 2 N–H and O–H groups in total. The fourth-order valence-electron chi connectivity index (χ4n) is 6.22. The first-order valence-electron chi connectivity index (χ1n) is 16.1. The first kappa shape index (κ1) is 35.0. The number of ether oxygens (including phenoxy) is 4. The van der Waals surface area contributed by atoms with E-state index in [9.17, 15) is 14.7 Å². The van der Waals surface area contributed by atoms with Crippen molar-refractivity contribution < 1.29 is 33.2 Å². The fourth-order valence-corrected chi connectivity index (χ4v) is 6.22. The Morgan fingerprint density at radius 1 is 0.941 bits per heavy atom. The average molecular weight is 690 g/mol. The summed E-state index contributed by atoms with van der Waals surface area (Å²) in [5, 5.41) is 14.0. The summed E-state index contributed by atoms with van der Waals surface area (Å²) < 4.78 is 41.3. The number of aliphatic hydroxyl groups excluding tert-OH is 1. The Labute approximate surface area is 294 Å². The van der Waals surface area contributed by atoms with E-state index < -0.39 is 41.3 Å². The number of terminal acetylenes is 1. The van der Waals surface area contributed by atoms with Gasteiger partial charge in [-0.1, -0.05) is 78.7 Å². The second-order valence-electron chi connectivity index (χ2n) is 12.0. The molecule has 1 aliphatic heterocycles. The highest BCUT2D eigenvalue weighted by atomic mass is 19.1. The number of carbonyl (C=O) groups excluding carboxylic acids is 1. The van der Waals surface area contributed by atoms with Crippen molar-refractivity contribution in [3.8, 4) is 23.8 Å². The Bertz CT molecular complexity index is 2040. The van der Waals surface area contributed by atoms with Crippen LogP contribution in [0.15, 0.2) is 120 Å². The highest BCUT2D eigenvalue weighted by Gasteiger charge is 2.58. The van der Waals surface area contributed by atoms with Gasteiger partial charge >= 0.3 is 5.69 Å². The Morgan fingerprint density at radius 2 is 1.47 bits per heavy atom. The van der Waals surface area contributed by atoms with Gasteiger partial charge in [0.25, 0.3) is 5.91 Å². The van der Waals surface area contributed by atoms with Crippen LogP contribution in [0.4, 0.5) is 10.2 Å². The third kappa shape index (κ3) is 6.60. The fraction of sp³-hybridized carbons (Fsp3) is 0.225. The van der Waals surface area contributed by atoms with E-state index >= 15 is 4.39 Å². The largest absolute Gasteiger partial charge is 0.497 e. The van der Waals surface area contributed by atoms with Gasteiger partial charge in [0.15, 0.2) is 6.23 Å². The van der Waals surface area contributed by atoms with Crippen LogP contribution in [0.5, 0.6) is 11.5 Å². The molecular weight excluding hydrogens is 653 g/mol. The van der Waals surface area contributed by atoms with Crippen molar-refractivity contribution in [3.63, 3.8) is 0 Å². The molecule has 10 nitrogen and oxygen atoms in total. The van der Waals surface area contributed by atoms with Gasteiger partial charge in [0, 0.05) is 17.3 Å². The summed E-state index contributed by atoms with van der Waals surface area (Å²) in [6.45, 7) is 1.23. The van der Waals surface area contributed by atoms with Crippen molar-refractivity contribution >= 4 is 11.7 Å². The number of halogens is 1. The van der Waals surface area contributed by atoms with Crippen LogP contribution in [-0.4, -0.2) is 59.3 Å². The summed E-state index contributed by atoms with van der Waals surface area (Å²) in [7, 11) is 3.14. The lowest BCUT2D eigenvalue weighted by Gasteiger charge is -2.37. The zero-order chi connectivity index (χ0) is 36.2. The van der Waals surface area contributed by atoms with Crippen molar-refractivity contribution in [2.24, 2.45) is 0 Å². The third-order valence-corrected chi connectivity index (χ3v) is 8.96. The molecule has 4 atom stereocenters. The number of aryl methyl sites for hydroxylation is 1. The predicted molar refractivity (Wildman–Crippen MR) is 188 cm³/mol. The van der Waals surface area contributed by atoms with E-state index in [1.165, 1.54) is 6.20 Å². The molecule has 0 aliphatic carbocycles. The van der Waals surface area contributed by atoms with Crippen molar-refractivity contribution in [1.29, 1.82) is 0 Å². The maximum atomic E-state index is 16.7. The number of alkyl halides is 1. The molecule has 0 bridgehead atoms. The highest BCUT2D eigenvalue weighted by molar-refractivity contribution is 6.04. The van der Waals surface area contributed by atoms with E-state index in [0.29, 0.717) is 33.8 Å². The zero-order valence-corrected chi connectivity index (χ0v) is 28.2. The second-order valence-corrected chi connectivity index (χ2v) is 12.0. The Balaban J connectivity index is 1.36. The molecule has 1 fully saturated rings. The second kappa shape index (κ2) is 14.6. The SMILES string of the molecule is C#C[C@@]1(F)[C@H](O)[C@@H](COC(c2ccccc2)(c2ccc(OC)cc2)c2ccc(OC)cc2)O[C@H]1n1cc(C)c(NC(=O)c2ccccc2)nc1=O. The number of anilines is 1. The van der Waals surface area contributed by atoms with E-state index in [2.05, 4.69) is 10.3 Å². The monoisotopic (exact) mass is 689 g/mol. The molecular formula is C40H36FN3O7. The first-order valence-corrected chi connectivity index (χ1v) is 16.1. The normalized spacial score (nSPS) is 20.0. The lowest BCUT2D eigenvalue weighted by Crippen LogP contribution is -2.45. The van der Waals surface area contributed by atoms with E-state index in [1.807, 2.05) is 60.5 Å². The standard InChI is InChI=1S/C40H36FN3O7/c1-5-39(41)34(45)33(51-37(39)44-24-26(2)35(43-38(44)47)42-36(46)27-12-8-6-9-13-27)25-50-40(28-14-10-7-11-15-28,29-16-20-31(48-3)21-17-29)30-18-22-32(49-4)23-19-30/h1,6-24,33-34,37,45H,25H2,2-4H3,(H,42,43,46,47)/t33-,34-,37-,39-/m1/s1. The summed E-state index contributed by atoms with van der Waals surface area (Å²) in [6, 6.07) is 32.5. The smallest absolute Gasteiger partial charge is 0.351 e. The molecule has 51 heavy (non-hydrogen) atoms. The number of benzene rings is 4. The van der Waals surface area contributed by atoms with Crippen LogP contribution in [-0.2, 0) is 15.1 Å². The molecule has 1 aliphatic rings. The molecule has 4 aromatic carbocycles. The number of amides is 1.